The van der Waals surface area contributed by atoms with Crippen molar-refractivity contribution in [3.63, 3.8) is 0 Å². The average Bonchev–Trinajstić information content (AvgIpc) is 3.26. The van der Waals surface area contributed by atoms with Crippen molar-refractivity contribution in [3.8, 4) is 10.7 Å². The van der Waals surface area contributed by atoms with E-state index >= 15 is 0 Å². The van der Waals surface area contributed by atoms with E-state index in [0.29, 0.717) is 22.1 Å². The zero-order chi connectivity index (χ0) is 21.9. The van der Waals surface area contributed by atoms with Gasteiger partial charge in [-0.2, -0.15) is 13.2 Å². The van der Waals surface area contributed by atoms with Crippen molar-refractivity contribution in [2.75, 3.05) is 6.61 Å². The molecule has 0 aliphatic carbocycles. The van der Waals surface area contributed by atoms with Crippen LogP contribution < -0.4 is 0 Å². The van der Waals surface area contributed by atoms with E-state index in [1.165, 1.54) is 31.3 Å². The van der Waals surface area contributed by atoms with E-state index in [2.05, 4.69) is 9.97 Å². The number of ether oxygens (including phenoxy) is 1. The van der Waals surface area contributed by atoms with Gasteiger partial charge in [0.15, 0.2) is 6.61 Å². The monoisotopic (exact) mass is 437 g/mol. The molecule has 6 nitrogen and oxygen atoms in total. The zero-order valence-corrected chi connectivity index (χ0v) is 17.0. The lowest BCUT2D eigenvalue weighted by atomic mass is 10.1. The summed E-state index contributed by atoms with van der Waals surface area (Å²) < 4.78 is 44.1. The topological polar surface area (TPSA) is 74.1 Å². The Hall–Kier alpha value is -3.01. The summed E-state index contributed by atoms with van der Waals surface area (Å²) in [5.41, 5.74) is 1.78. The average molecular weight is 437 g/mol. The minimum absolute atomic E-state index is 0.107. The van der Waals surface area contributed by atoms with Gasteiger partial charge in [0.2, 0.25) is 5.78 Å². The number of aromatic nitrogens is 3. The molecule has 30 heavy (non-hydrogen) atoms. The number of halogens is 3. The van der Waals surface area contributed by atoms with Gasteiger partial charge in [-0.25, -0.2) is 4.98 Å². The summed E-state index contributed by atoms with van der Waals surface area (Å²) in [6, 6.07) is 6.79. The van der Waals surface area contributed by atoms with E-state index in [0.717, 1.165) is 4.57 Å². The number of rotatable bonds is 7. The molecule has 0 atom stereocenters. The Morgan fingerprint density at radius 1 is 1.23 bits per heavy atom. The third-order valence-electron chi connectivity index (χ3n) is 4.34. The molecule has 3 aromatic rings. The Morgan fingerprint density at radius 3 is 2.67 bits per heavy atom. The van der Waals surface area contributed by atoms with Gasteiger partial charge in [0.25, 0.3) is 0 Å². The lowest BCUT2D eigenvalue weighted by Crippen LogP contribution is -2.20. The van der Waals surface area contributed by atoms with Crippen LogP contribution in [0.2, 0.25) is 0 Å². The van der Waals surface area contributed by atoms with Crippen LogP contribution in [0.25, 0.3) is 10.7 Å². The number of pyridine rings is 1. The van der Waals surface area contributed by atoms with Crippen LogP contribution in [-0.4, -0.2) is 39.1 Å². The summed E-state index contributed by atoms with van der Waals surface area (Å²) in [5, 5.41) is 2.37. The lowest BCUT2D eigenvalue weighted by Gasteiger charge is -2.12. The molecule has 0 aromatic carbocycles. The highest BCUT2D eigenvalue weighted by molar-refractivity contribution is 7.13. The molecule has 0 amide bonds. The van der Waals surface area contributed by atoms with Gasteiger partial charge in [0.1, 0.15) is 11.6 Å². The molecule has 0 saturated carbocycles. The second kappa shape index (κ2) is 8.78. The SMILES string of the molecule is Cc1cc(C(=O)COC(=O)Cc2csc(-c3ccccn3)n2)c(C)n1CC(F)(F)F. The van der Waals surface area contributed by atoms with E-state index in [1.807, 2.05) is 6.07 Å². The molecule has 0 unspecified atom stereocenters. The van der Waals surface area contributed by atoms with E-state index in [-0.39, 0.29) is 17.7 Å². The first kappa shape index (κ1) is 21.7. The molecule has 0 N–H and O–H groups in total. The normalized spacial score (nSPS) is 11.5. The molecule has 0 bridgehead atoms. The van der Waals surface area contributed by atoms with Gasteiger partial charge in [-0.15, -0.1) is 11.3 Å². The first-order chi connectivity index (χ1) is 14.1. The van der Waals surface area contributed by atoms with Crippen molar-refractivity contribution >= 4 is 23.1 Å². The number of nitrogens with zero attached hydrogens (tertiary/aromatic N) is 3. The molecule has 0 fully saturated rings. The Bertz CT molecular complexity index is 1060. The molecule has 3 heterocycles. The maximum Gasteiger partial charge on any atom is 0.406 e. The van der Waals surface area contributed by atoms with E-state index in [4.69, 9.17) is 4.74 Å². The van der Waals surface area contributed by atoms with Crippen LogP contribution in [0.5, 0.6) is 0 Å². The number of esters is 1. The Morgan fingerprint density at radius 2 is 2.00 bits per heavy atom. The molecular weight excluding hydrogens is 419 g/mol. The second-order valence-electron chi connectivity index (χ2n) is 6.61. The zero-order valence-electron chi connectivity index (χ0n) is 16.2. The number of alkyl halides is 3. The van der Waals surface area contributed by atoms with Gasteiger partial charge in [-0.3, -0.25) is 14.6 Å². The summed E-state index contributed by atoms with van der Waals surface area (Å²) in [6.45, 7) is 1.19. The fourth-order valence-corrected chi connectivity index (χ4v) is 3.72. The Labute approximate surface area is 174 Å². The van der Waals surface area contributed by atoms with Crippen molar-refractivity contribution in [3.05, 3.63) is 58.5 Å². The number of ketones is 1. The standard InChI is InChI=1S/C20H18F3N3O3S/c1-12-7-15(13(2)26(12)11-20(21,22)23)17(27)9-29-18(28)8-14-10-30-19(25-14)16-5-3-4-6-24-16/h3-7,10H,8-9,11H2,1-2H3. The molecule has 3 aromatic heterocycles. The van der Waals surface area contributed by atoms with Crippen molar-refractivity contribution in [2.24, 2.45) is 0 Å². The lowest BCUT2D eigenvalue weighted by molar-refractivity contribution is -0.142. The highest BCUT2D eigenvalue weighted by atomic mass is 32.1. The summed E-state index contributed by atoms with van der Waals surface area (Å²) in [4.78, 5) is 32.9. The summed E-state index contributed by atoms with van der Waals surface area (Å²) in [6.07, 6.45) is -2.88. The number of aryl methyl sites for hydroxylation is 1. The number of hydrogen-bond acceptors (Lipinski definition) is 6. The number of hydrogen-bond donors (Lipinski definition) is 0. The first-order valence-electron chi connectivity index (χ1n) is 8.92. The third kappa shape index (κ3) is 5.32. The molecule has 0 radical (unpaired) electrons. The predicted octanol–water partition coefficient (Wildman–Crippen LogP) is 4.15. The summed E-state index contributed by atoms with van der Waals surface area (Å²) in [7, 11) is 0. The van der Waals surface area contributed by atoms with Gasteiger partial charge in [-0.1, -0.05) is 6.07 Å². The Balaban J connectivity index is 1.58. The molecule has 0 aliphatic rings. The van der Waals surface area contributed by atoms with Gasteiger partial charge in [0, 0.05) is 28.5 Å². The minimum Gasteiger partial charge on any atom is -0.457 e. The van der Waals surface area contributed by atoms with Crippen LogP contribution in [0, 0.1) is 13.8 Å². The fraction of sp³-hybridized carbons (Fsp3) is 0.300. The van der Waals surface area contributed by atoms with Crippen molar-refractivity contribution in [2.45, 2.75) is 33.0 Å². The number of carbonyl (C=O) groups excluding carboxylic acids is 2. The molecule has 158 valence electrons. The van der Waals surface area contributed by atoms with Crippen LogP contribution in [0.1, 0.15) is 27.4 Å². The molecule has 3 rings (SSSR count). The van der Waals surface area contributed by atoms with Gasteiger partial charge >= 0.3 is 12.1 Å². The maximum atomic E-state index is 12.7. The first-order valence-corrected chi connectivity index (χ1v) is 9.80. The van der Waals surface area contributed by atoms with Crippen LogP contribution in [0.4, 0.5) is 13.2 Å². The van der Waals surface area contributed by atoms with E-state index < -0.39 is 31.1 Å². The quantitative estimate of drug-likeness (QED) is 0.410. The van der Waals surface area contributed by atoms with Crippen molar-refractivity contribution in [1.29, 1.82) is 0 Å². The fourth-order valence-electron chi connectivity index (χ4n) is 2.92. The minimum atomic E-state index is -4.40. The van der Waals surface area contributed by atoms with Crippen molar-refractivity contribution < 1.29 is 27.5 Å². The van der Waals surface area contributed by atoms with Crippen LogP contribution in [0.15, 0.2) is 35.8 Å². The Kier molecular flexibility index (Phi) is 6.35. The number of carbonyl (C=O) groups is 2. The van der Waals surface area contributed by atoms with E-state index in [1.54, 1.807) is 23.7 Å². The molecule has 0 spiro atoms. The van der Waals surface area contributed by atoms with Gasteiger partial charge < -0.3 is 9.30 Å². The number of Topliss-reactive ketones (excluding diaryl/α,β-unsaturated/α-hetero) is 1. The largest absolute Gasteiger partial charge is 0.457 e. The molecule has 0 saturated heterocycles. The summed E-state index contributed by atoms with van der Waals surface area (Å²) in [5.74, 6) is -1.21. The molecule has 0 aliphatic heterocycles. The highest BCUT2D eigenvalue weighted by Crippen LogP contribution is 2.24. The highest BCUT2D eigenvalue weighted by Gasteiger charge is 2.30. The van der Waals surface area contributed by atoms with Gasteiger partial charge in [0.05, 0.1) is 17.8 Å². The molecular formula is C20H18F3N3O3S. The smallest absolute Gasteiger partial charge is 0.406 e. The van der Waals surface area contributed by atoms with E-state index in [9.17, 15) is 22.8 Å². The maximum absolute atomic E-state index is 12.7. The van der Waals surface area contributed by atoms with Crippen LogP contribution in [-0.2, 0) is 22.5 Å². The van der Waals surface area contributed by atoms with Gasteiger partial charge in [-0.05, 0) is 32.0 Å². The predicted molar refractivity (Wildman–Crippen MR) is 104 cm³/mol. The molecule has 10 heteroatoms. The van der Waals surface area contributed by atoms with Crippen LogP contribution >= 0.6 is 11.3 Å². The third-order valence-corrected chi connectivity index (χ3v) is 5.25. The number of thiazole rings is 1. The van der Waals surface area contributed by atoms with Crippen LogP contribution in [0.3, 0.4) is 0 Å². The second-order valence-corrected chi connectivity index (χ2v) is 7.46. The summed E-state index contributed by atoms with van der Waals surface area (Å²) >= 11 is 1.33. The van der Waals surface area contributed by atoms with Crippen molar-refractivity contribution in [1.82, 2.24) is 14.5 Å².